The number of furan rings is 1. The Balaban J connectivity index is 1.58. The van der Waals surface area contributed by atoms with Gasteiger partial charge in [0.05, 0.1) is 17.5 Å². The molecule has 7 nitrogen and oxygen atoms in total. The van der Waals surface area contributed by atoms with Crippen molar-refractivity contribution in [1.82, 2.24) is 5.32 Å². The molecule has 3 aromatic rings. The van der Waals surface area contributed by atoms with Crippen LogP contribution >= 0.6 is 0 Å². The monoisotopic (exact) mass is 339 g/mol. The van der Waals surface area contributed by atoms with Crippen LogP contribution in [-0.2, 0) is 4.79 Å². The standard InChI is InChI=1S/C18H17N3O4/c1-12(17-9-13-5-2-3-8-16(13)25-17)20-18(22)11-19-14-6-4-7-15(10-14)21(23)24/h2-10,12,19H,11H2,1H3,(H,20,22)/t12-/m0/s1. The fourth-order valence-electron chi connectivity index (χ4n) is 2.49. The Morgan fingerprint density at radius 2 is 2.00 bits per heavy atom. The van der Waals surface area contributed by atoms with E-state index in [1.807, 2.05) is 37.3 Å². The first-order chi connectivity index (χ1) is 12.0. The lowest BCUT2D eigenvalue weighted by Gasteiger charge is -2.12. The topological polar surface area (TPSA) is 97.4 Å². The van der Waals surface area contributed by atoms with Crippen molar-refractivity contribution in [1.29, 1.82) is 0 Å². The molecule has 0 aliphatic carbocycles. The van der Waals surface area contributed by atoms with Crippen LogP contribution in [0.15, 0.2) is 59.0 Å². The third-order valence-corrected chi connectivity index (χ3v) is 3.76. The van der Waals surface area contributed by atoms with Crippen molar-refractivity contribution in [2.24, 2.45) is 0 Å². The third kappa shape index (κ3) is 3.95. The second-order valence-corrected chi connectivity index (χ2v) is 5.64. The van der Waals surface area contributed by atoms with Crippen LogP contribution in [0.1, 0.15) is 18.7 Å². The van der Waals surface area contributed by atoms with Crippen LogP contribution in [0.3, 0.4) is 0 Å². The van der Waals surface area contributed by atoms with Crippen LogP contribution in [-0.4, -0.2) is 17.4 Å². The molecule has 128 valence electrons. The van der Waals surface area contributed by atoms with Gasteiger partial charge in [-0.3, -0.25) is 14.9 Å². The van der Waals surface area contributed by atoms with Crippen molar-refractivity contribution >= 4 is 28.3 Å². The number of anilines is 1. The van der Waals surface area contributed by atoms with Gasteiger partial charge < -0.3 is 15.1 Å². The molecule has 1 atom stereocenters. The minimum atomic E-state index is -0.477. The molecule has 0 radical (unpaired) electrons. The summed E-state index contributed by atoms with van der Waals surface area (Å²) in [4.78, 5) is 22.4. The molecule has 0 aliphatic rings. The molecule has 0 aliphatic heterocycles. The molecule has 2 N–H and O–H groups in total. The highest BCUT2D eigenvalue weighted by molar-refractivity contribution is 5.82. The number of hydrogen-bond donors (Lipinski definition) is 2. The number of amides is 1. The SMILES string of the molecule is C[C@H](NC(=O)CNc1cccc([N+](=O)[O-])c1)c1cc2ccccc2o1. The predicted molar refractivity (Wildman–Crippen MR) is 94.4 cm³/mol. The molecule has 1 aromatic heterocycles. The Morgan fingerprint density at radius 3 is 2.76 bits per heavy atom. The second-order valence-electron chi connectivity index (χ2n) is 5.64. The quantitative estimate of drug-likeness (QED) is 0.528. The van der Waals surface area contributed by atoms with Gasteiger partial charge in [0.2, 0.25) is 5.91 Å². The number of carbonyl (C=O) groups is 1. The Morgan fingerprint density at radius 1 is 1.20 bits per heavy atom. The average molecular weight is 339 g/mol. The Hall–Kier alpha value is -3.35. The molecule has 3 rings (SSSR count). The van der Waals surface area contributed by atoms with E-state index in [4.69, 9.17) is 4.42 Å². The molecule has 7 heteroatoms. The highest BCUT2D eigenvalue weighted by Gasteiger charge is 2.14. The Labute approximate surface area is 143 Å². The molecule has 0 spiro atoms. The molecular formula is C18H17N3O4. The van der Waals surface area contributed by atoms with Gasteiger partial charge in [0, 0.05) is 23.2 Å². The average Bonchev–Trinajstić information content (AvgIpc) is 3.04. The summed E-state index contributed by atoms with van der Waals surface area (Å²) < 4.78 is 5.73. The Kier molecular flexibility index (Phi) is 4.65. The fourth-order valence-corrected chi connectivity index (χ4v) is 2.49. The van der Waals surface area contributed by atoms with E-state index in [0.717, 1.165) is 11.0 Å². The van der Waals surface area contributed by atoms with E-state index < -0.39 is 4.92 Å². The molecular weight excluding hydrogens is 322 g/mol. The van der Waals surface area contributed by atoms with E-state index >= 15 is 0 Å². The van der Waals surface area contributed by atoms with Crippen LogP contribution in [0.4, 0.5) is 11.4 Å². The van der Waals surface area contributed by atoms with Gasteiger partial charge in [-0.15, -0.1) is 0 Å². The molecule has 1 heterocycles. The summed E-state index contributed by atoms with van der Waals surface area (Å²) in [6.07, 6.45) is 0. The second kappa shape index (κ2) is 7.04. The van der Waals surface area contributed by atoms with Crippen LogP contribution in [0, 0.1) is 10.1 Å². The van der Waals surface area contributed by atoms with Crippen molar-refractivity contribution in [3.05, 3.63) is 70.5 Å². The summed E-state index contributed by atoms with van der Waals surface area (Å²) in [6, 6.07) is 15.3. The highest BCUT2D eigenvalue weighted by Crippen LogP contribution is 2.23. The number of benzene rings is 2. The van der Waals surface area contributed by atoms with E-state index in [2.05, 4.69) is 10.6 Å². The number of carbonyl (C=O) groups excluding carboxylic acids is 1. The molecule has 1 amide bonds. The van der Waals surface area contributed by atoms with Gasteiger partial charge in [0.1, 0.15) is 11.3 Å². The molecule has 0 saturated heterocycles. The maximum absolute atomic E-state index is 12.1. The van der Waals surface area contributed by atoms with Gasteiger partial charge in [-0.1, -0.05) is 24.3 Å². The zero-order valence-corrected chi connectivity index (χ0v) is 13.6. The smallest absolute Gasteiger partial charge is 0.271 e. The molecule has 2 aromatic carbocycles. The van der Waals surface area contributed by atoms with E-state index in [0.29, 0.717) is 11.4 Å². The number of nitrogens with zero attached hydrogens (tertiary/aromatic N) is 1. The number of fused-ring (bicyclic) bond motifs is 1. The summed E-state index contributed by atoms with van der Waals surface area (Å²) in [5.41, 5.74) is 1.26. The maximum Gasteiger partial charge on any atom is 0.271 e. The highest BCUT2D eigenvalue weighted by atomic mass is 16.6. The van der Waals surface area contributed by atoms with E-state index in [1.165, 1.54) is 12.1 Å². The van der Waals surface area contributed by atoms with Crippen LogP contribution in [0.5, 0.6) is 0 Å². The van der Waals surface area contributed by atoms with E-state index in [-0.39, 0.29) is 24.2 Å². The maximum atomic E-state index is 12.1. The zero-order valence-electron chi connectivity index (χ0n) is 13.6. The first-order valence-corrected chi connectivity index (χ1v) is 7.79. The van der Waals surface area contributed by atoms with E-state index in [1.54, 1.807) is 12.1 Å². The normalized spacial score (nSPS) is 11.9. The summed E-state index contributed by atoms with van der Waals surface area (Å²) >= 11 is 0. The number of para-hydroxylation sites is 1. The molecule has 0 unspecified atom stereocenters. The van der Waals surface area contributed by atoms with Gasteiger partial charge in [0.15, 0.2) is 0 Å². The van der Waals surface area contributed by atoms with Crippen molar-refractivity contribution < 1.29 is 14.1 Å². The van der Waals surface area contributed by atoms with Gasteiger partial charge in [-0.25, -0.2) is 0 Å². The summed E-state index contributed by atoms with van der Waals surface area (Å²) in [7, 11) is 0. The van der Waals surface area contributed by atoms with Crippen molar-refractivity contribution in [2.75, 3.05) is 11.9 Å². The van der Waals surface area contributed by atoms with Gasteiger partial charge in [-0.2, -0.15) is 0 Å². The van der Waals surface area contributed by atoms with Gasteiger partial charge in [-0.05, 0) is 25.1 Å². The first kappa shape index (κ1) is 16.5. The minimum Gasteiger partial charge on any atom is -0.459 e. The summed E-state index contributed by atoms with van der Waals surface area (Å²) in [5.74, 6) is 0.435. The lowest BCUT2D eigenvalue weighted by molar-refractivity contribution is -0.384. The number of nitrogens with one attached hydrogen (secondary N) is 2. The summed E-state index contributed by atoms with van der Waals surface area (Å²) in [5, 5.41) is 17.4. The van der Waals surface area contributed by atoms with Gasteiger partial charge in [0.25, 0.3) is 5.69 Å². The number of hydrogen-bond acceptors (Lipinski definition) is 5. The van der Waals surface area contributed by atoms with Crippen molar-refractivity contribution in [3.8, 4) is 0 Å². The molecule has 25 heavy (non-hydrogen) atoms. The lowest BCUT2D eigenvalue weighted by Crippen LogP contribution is -2.31. The number of non-ortho nitro benzene ring substituents is 1. The van der Waals surface area contributed by atoms with Gasteiger partial charge >= 0.3 is 0 Å². The minimum absolute atomic E-state index is 0.00569. The van der Waals surface area contributed by atoms with Crippen molar-refractivity contribution in [3.63, 3.8) is 0 Å². The van der Waals surface area contributed by atoms with E-state index in [9.17, 15) is 14.9 Å². The third-order valence-electron chi connectivity index (χ3n) is 3.76. The first-order valence-electron chi connectivity index (χ1n) is 7.79. The number of nitro groups is 1. The molecule has 0 fully saturated rings. The zero-order chi connectivity index (χ0) is 17.8. The molecule has 0 saturated carbocycles. The van der Waals surface area contributed by atoms with Crippen LogP contribution in [0.2, 0.25) is 0 Å². The number of nitro benzene ring substituents is 1. The Bertz CT molecular complexity index is 886. The largest absolute Gasteiger partial charge is 0.459 e. The molecule has 0 bridgehead atoms. The fraction of sp³-hybridized carbons (Fsp3) is 0.167. The number of rotatable bonds is 6. The summed E-state index contributed by atoms with van der Waals surface area (Å²) in [6.45, 7) is 1.84. The van der Waals surface area contributed by atoms with Crippen molar-refractivity contribution in [2.45, 2.75) is 13.0 Å². The van der Waals surface area contributed by atoms with Crippen LogP contribution in [0.25, 0.3) is 11.0 Å². The lowest BCUT2D eigenvalue weighted by atomic mass is 10.2. The van der Waals surface area contributed by atoms with Crippen LogP contribution < -0.4 is 10.6 Å². The predicted octanol–water partition coefficient (Wildman–Crippen LogP) is 3.63.